The highest BCUT2D eigenvalue weighted by molar-refractivity contribution is 5.23. The summed E-state index contributed by atoms with van der Waals surface area (Å²) in [6.07, 6.45) is 0. The summed E-state index contributed by atoms with van der Waals surface area (Å²) in [7, 11) is 0. The second-order valence-corrected chi connectivity index (χ2v) is 4.35. The average Bonchev–Trinajstić information content (AvgIpc) is 2.29. The smallest absolute Gasteiger partial charge is 0.288 e. The van der Waals surface area contributed by atoms with E-state index in [9.17, 15) is 17.6 Å². The Hall–Kier alpha value is -1.14. The Kier molecular flexibility index (Phi) is 3.87. The standard InChI is InChI=1S/C12H14F4N2/c13-9-1-2-10(11(14)7-9)12(15,16)8-18-5-3-17-4-6-18/h1-2,7,17H,3-6,8H2. The van der Waals surface area contributed by atoms with Crippen LogP contribution in [0, 0.1) is 11.6 Å². The van der Waals surface area contributed by atoms with Crippen LogP contribution in [0.3, 0.4) is 0 Å². The Balaban J connectivity index is 2.13. The van der Waals surface area contributed by atoms with Gasteiger partial charge in [-0.2, -0.15) is 8.78 Å². The van der Waals surface area contributed by atoms with E-state index in [1.54, 1.807) is 4.90 Å². The third-order valence-corrected chi connectivity index (χ3v) is 2.96. The second-order valence-electron chi connectivity index (χ2n) is 4.35. The van der Waals surface area contributed by atoms with Gasteiger partial charge in [-0.15, -0.1) is 0 Å². The quantitative estimate of drug-likeness (QED) is 0.838. The summed E-state index contributed by atoms with van der Waals surface area (Å²) in [5.74, 6) is -5.36. The predicted molar refractivity (Wildman–Crippen MR) is 59.6 cm³/mol. The first kappa shape index (κ1) is 13.3. The fourth-order valence-electron chi connectivity index (χ4n) is 2.02. The molecule has 0 saturated carbocycles. The van der Waals surface area contributed by atoms with Crippen LogP contribution in [-0.2, 0) is 5.92 Å². The number of benzene rings is 1. The summed E-state index contributed by atoms with van der Waals surface area (Å²) in [5.41, 5.74) is -0.748. The van der Waals surface area contributed by atoms with Crippen molar-refractivity contribution in [2.45, 2.75) is 5.92 Å². The van der Waals surface area contributed by atoms with E-state index in [0.29, 0.717) is 32.2 Å². The fraction of sp³-hybridized carbons (Fsp3) is 0.500. The SMILES string of the molecule is Fc1ccc(C(F)(F)CN2CCNCC2)c(F)c1. The molecule has 0 amide bonds. The van der Waals surface area contributed by atoms with E-state index in [1.807, 2.05) is 0 Å². The molecule has 6 heteroatoms. The Bertz CT molecular complexity index is 417. The lowest BCUT2D eigenvalue weighted by molar-refractivity contribution is -0.0428. The first-order valence-electron chi connectivity index (χ1n) is 5.75. The van der Waals surface area contributed by atoms with Crippen LogP contribution < -0.4 is 5.32 Å². The van der Waals surface area contributed by atoms with Crippen LogP contribution in [0.1, 0.15) is 5.56 Å². The summed E-state index contributed by atoms with van der Waals surface area (Å²) in [6, 6.07) is 2.15. The van der Waals surface area contributed by atoms with Crippen LogP contribution >= 0.6 is 0 Å². The molecule has 0 bridgehead atoms. The maximum Gasteiger partial charge on any atom is 0.288 e. The van der Waals surface area contributed by atoms with Crippen LogP contribution in [0.15, 0.2) is 18.2 Å². The molecule has 1 heterocycles. The molecule has 2 nitrogen and oxygen atoms in total. The van der Waals surface area contributed by atoms with Crippen molar-refractivity contribution < 1.29 is 17.6 Å². The minimum atomic E-state index is -3.31. The van der Waals surface area contributed by atoms with E-state index < -0.39 is 29.7 Å². The third-order valence-electron chi connectivity index (χ3n) is 2.96. The van der Waals surface area contributed by atoms with E-state index in [2.05, 4.69) is 5.32 Å². The molecule has 0 unspecified atom stereocenters. The minimum absolute atomic E-state index is 0.487. The molecule has 1 aliphatic rings. The third kappa shape index (κ3) is 3.00. The summed E-state index contributed by atoms with van der Waals surface area (Å²) in [6.45, 7) is 1.73. The number of alkyl halides is 2. The Morgan fingerprint density at radius 1 is 1.17 bits per heavy atom. The highest BCUT2D eigenvalue weighted by Gasteiger charge is 2.36. The number of nitrogens with zero attached hydrogens (tertiary/aromatic N) is 1. The monoisotopic (exact) mass is 262 g/mol. The van der Waals surface area contributed by atoms with Gasteiger partial charge in [-0.05, 0) is 12.1 Å². The molecular formula is C12H14F4N2. The van der Waals surface area contributed by atoms with Gasteiger partial charge in [0.1, 0.15) is 11.6 Å². The van der Waals surface area contributed by atoms with Gasteiger partial charge in [0.2, 0.25) is 0 Å². The summed E-state index contributed by atoms with van der Waals surface area (Å²) in [5, 5.41) is 3.05. The molecule has 0 atom stereocenters. The lowest BCUT2D eigenvalue weighted by Gasteiger charge is -2.30. The molecule has 1 aliphatic heterocycles. The zero-order chi connectivity index (χ0) is 13.2. The van der Waals surface area contributed by atoms with E-state index >= 15 is 0 Å². The Morgan fingerprint density at radius 3 is 2.44 bits per heavy atom. The highest BCUT2D eigenvalue weighted by Crippen LogP contribution is 2.31. The molecule has 1 aromatic rings. The number of hydrogen-bond acceptors (Lipinski definition) is 2. The summed E-state index contributed by atoms with van der Waals surface area (Å²) < 4.78 is 53.9. The van der Waals surface area contributed by atoms with E-state index in [0.717, 1.165) is 12.1 Å². The van der Waals surface area contributed by atoms with Gasteiger partial charge in [-0.3, -0.25) is 4.90 Å². The molecule has 18 heavy (non-hydrogen) atoms. The van der Waals surface area contributed by atoms with Crippen LogP contribution in [0.2, 0.25) is 0 Å². The van der Waals surface area contributed by atoms with E-state index in [4.69, 9.17) is 0 Å². The maximum absolute atomic E-state index is 13.9. The Labute approximate surface area is 103 Å². The van der Waals surface area contributed by atoms with Gasteiger partial charge in [-0.1, -0.05) is 0 Å². The van der Waals surface area contributed by atoms with Crippen LogP contribution in [0.5, 0.6) is 0 Å². The lowest BCUT2D eigenvalue weighted by Crippen LogP contribution is -2.47. The van der Waals surface area contributed by atoms with Crippen molar-refractivity contribution in [1.29, 1.82) is 0 Å². The molecule has 1 saturated heterocycles. The molecule has 1 aromatic carbocycles. The van der Waals surface area contributed by atoms with Gasteiger partial charge in [0, 0.05) is 32.2 Å². The molecule has 0 spiro atoms. The number of halogens is 4. The van der Waals surface area contributed by atoms with Crippen molar-refractivity contribution >= 4 is 0 Å². The van der Waals surface area contributed by atoms with Gasteiger partial charge in [0.25, 0.3) is 5.92 Å². The van der Waals surface area contributed by atoms with Gasteiger partial charge < -0.3 is 5.32 Å². The summed E-state index contributed by atoms with van der Waals surface area (Å²) in [4.78, 5) is 1.57. The number of hydrogen-bond donors (Lipinski definition) is 1. The summed E-state index contributed by atoms with van der Waals surface area (Å²) >= 11 is 0. The van der Waals surface area contributed by atoms with Gasteiger partial charge in [0.05, 0.1) is 12.1 Å². The van der Waals surface area contributed by atoms with Crippen molar-refractivity contribution in [2.24, 2.45) is 0 Å². The molecule has 1 fully saturated rings. The van der Waals surface area contributed by atoms with Crippen LogP contribution in [-0.4, -0.2) is 37.6 Å². The van der Waals surface area contributed by atoms with Crippen molar-refractivity contribution in [3.63, 3.8) is 0 Å². The topological polar surface area (TPSA) is 15.3 Å². The fourth-order valence-corrected chi connectivity index (χ4v) is 2.02. The van der Waals surface area contributed by atoms with Crippen molar-refractivity contribution in [3.05, 3.63) is 35.4 Å². The molecule has 2 rings (SSSR count). The highest BCUT2D eigenvalue weighted by atomic mass is 19.3. The normalized spacial score (nSPS) is 18.0. The van der Waals surface area contributed by atoms with Crippen molar-refractivity contribution in [1.82, 2.24) is 10.2 Å². The van der Waals surface area contributed by atoms with E-state index in [-0.39, 0.29) is 0 Å². The minimum Gasteiger partial charge on any atom is -0.314 e. The van der Waals surface area contributed by atoms with Crippen LogP contribution in [0.25, 0.3) is 0 Å². The molecule has 1 N–H and O–H groups in total. The zero-order valence-electron chi connectivity index (χ0n) is 9.73. The molecule has 0 aliphatic carbocycles. The molecule has 0 aromatic heterocycles. The number of nitrogens with one attached hydrogen (secondary N) is 1. The zero-order valence-corrected chi connectivity index (χ0v) is 9.73. The maximum atomic E-state index is 13.9. The van der Waals surface area contributed by atoms with Crippen LogP contribution in [0.4, 0.5) is 17.6 Å². The lowest BCUT2D eigenvalue weighted by atomic mass is 10.1. The van der Waals surface area contributed by atoms with Gasteiger partial charge in [-0.25, -0.2) is 8.78 Å². The number of piperazine rings is 1. The van der Waals surface area contributed by atoms with Gasteiger partial charge in [0.15, 0.2) is 0 Å². The molecule has 100 valence electrons. The Morgan fingerprint density at radius 2 is 1.83 bits per heavy atom. The van der Waals surface area contributed by atoms with Crippen molar-refractivity contribution in [2.75, 3.05) is 32.7 Å². The van der Waals surface area contributed by atoms with E-state index in [1.165, 1.54) is 0 Å². The molecule has 0 radical (unpaired) electrons. The number of rotatable bonds is 3. The first-order valence-corrected chi connectivity index (χ1v) is 5.75. The predicted octanol–water partition coefficient (Wildman–Crippen LogP) is 1.96. The second kappa shape index (κ2) is 5.24. The average molecular weight is 262 g/mol. The molecular weight excluding hydrogens is 248 g/mol. The largest absolute Gasteiger partial charge is 0.314 e. The van der Waals surface area contributed by atoms with Gasteiger partial charge >= 0.3 is 0 Å². The van der Waals surface area contributed by atoms with Crippen molar-refractivity contribution in [3.8, 4) is 0 Å². The first-order chi connectivity index (χ1) is 8.49.